The zero-order valence-electron chi connectivity index (χ0n) is 19.4. The molecule has 1 aliphatic rings. The minimum Gasteiger partial charge on any atom is -0.438 e. The number of carbonyl (C=O) groups excluding carboxylic acids is 3. The van der Waals surface area contributed by atoms with Crippen LogP contribution in [0.15, 0.2) is 65.3 Å². The van der Waals surface area contributed by atoms with Gasteiger partial charge in [-0.15, -0.1) is 0 Å². The summed E-state index contributed by atoms with van der Waals surface area (Å²) in [5.41, 5.74) is 2.25. The quantitative estimate of drug-likeness (QED) is 0.401. The lowest BCUT2D eigenvalue weighted by atomic mass is 10.1. The maximum Gasteiger partial charge on any atom is 0.253 e. The number of carbonyl (C=O) groups is 3. The van der Waals surface area contributed by atoms with Gasteiger partial charge in [0.15, 0.2) is 11.7 Å². The van der Waals surface area contributed by atoms with Crippen molar-refractivity contribution in [2.45, 2.75) is 19.9 Å². The molecular weight excluding hydrogens is 446 g/mol. The molecule has 2 aromatic heterocycles. The first-order valence-electron chi connectivity index (χ1n) is 11.5. The number of nitrogens with zero attached hydrogens (tertiary/aromatic N) is 5. The zero-order chi connectivity index (χ0) is 24.4. The number of fused-ring (bicyclic) bond motifs is 1. The van der Waals surface area contributed by atoms with Crippen molar-refractivity contribution in [3.05, 3.63) is 83.7 Å². The van der Waals surface area contributed by atoms with Gasteiger partial charge in [0.1, 0.15) is 6.54 Å². The van der Waals surface area contributed by atoms with E-state index in [4.69, 9.17) is 4.42 Å². The van der Waals surface area contributed by atoms with Gasteiger partial charge in [0, 0.05) is 56.7 Å². The van der Waals surface area contributed by atoms with Crippen LogP contribution < -0.4 is 0 Å². The van der Waals surface area contributed by atoms with E-state index in [0.717, 1.165) is 16.5 Å². The van der Waals surface area contributed by atoms with Crippen LogP contribution in [-0.4, -0.2) is 68.3 Å². The zero-order valence-corrected chi connectivity index (χ0v) is 19.4. The van der Waals surface area contributed by atoms with Gasteiger partial charge in [0.05, 0.1) is 11.7 Å². The van der Waals surface area contributed by atoms with Crippen LogP contribution in [0.25, 0.3) is 10.9 Å². The van der Waals surface area contributed by atoms with Crippen molar-refractivity contribution >= 4 is 28.5 Å². The van der Waals surface area contributed by atoms with Crippen LogP contribution in [-0.2, 0) is 17.8 Å². The Kier molecular flexibility index (Phi) is 6.13. The summed E-state index contributed by atoms with van der Waals surface area (Å²) in [6.45, 7) is 3.80. The second-order valence-electron chi connectivity index (χ2n) is 8.60. The number of piperazine rings is 1. The number of ketones is 1. The summed E-state index contributed by atoms with van der Waals surface area (Å²) in [5, 5.41) is 5.36. The third-order valence-corrected chi connectivity index (χ3v) is 6.11. The van der Waals surface area contributed by atoms with Crippen LogP contribution >= 0.6 is 0 Å². The van der Waals surface area contributed by atoms with Crippen molar-refractivity contribution in [3.8, 4) is 0 Å². The van der Waals surface area contributed by atoms with Gasteiger partial charge in [0.25, 0.3) is 5.91 Å². The standard InChI is InChI=1S/C26H25N5O4/c1-18-27-15-24(35-18)23(32)14-19-7-8-22-21(13-19)16-31(28-22)17-25(33)29-9-11-30(12-10-29)26(34)20-5-3-2-4-6-20/h2-8,13,15-16H,9-12,14,17H2,1H3. The van der Waals surface area contributed by atoms with E-state index < -0.39 is 0 Å². The summed E-state index contributed by atoms with van der Waals surface area (Å²) in [7, 11) is 0. The van der Waals surface area contributed by atoms with Crippen molar-refractivity contribution in [1.82, 2.24) is 24.6 Å². The lowest BCUT2D eigenvalue weighted by Crippen LogP contribution is -2.51. The molecule has 0 spiro atoms. The molecule has 3 heterocycles. The maximum absolute atomic E-state index is 12.9. The summed E-state index contributed by atoms with van der Waals surface area (Å²) in [5.74, 6) is 0.510. The van der Waals surface area contributed by atoms with E-state index in [9.17, 15) is 14.4 Å². The number of aromatic nitrogens is 3. The number of hydrogen-bond donors (Lipinski definition) is 0. The van der Waals surface area contributed by atoms with Crippen molar-refractivity contribution in [3.63, 3.8) is 0 Å². The minimum atomic E-state index is -0.141. The Balaban J connectivity index is 1.18. The monoisotopic (exact) mass is 471 g/mol. The smallest absolute Gasteiger partial charge is 0.253 e. The predicted octanol–water partition coefficient (Wildman–Crippen LogP) is 2.74. The van der Waals surface area contributed by atoms with Crippen LogP contribution in [0.5, 0.6) is 0 Å². The highest BCUT2D eigenvalue weighted by atomic mass is 16.4. The molecule has 2 aromatic carbocycles. The molecule has 5 rings (SSSR count). The van der Waals surface area contributed by atoms with E-state index in [0.29, 0.717) is 37.6 Å². The first-order valence-corrected chi connectivity index (χ1v) is 11.5. The van der Waals surface area contributed by atoms with E-state index in [2.05, 4.69) is 10.1 Å². The molecule has 35 heavy (non-hydrogen) atoms. The minimum absolute atomic E-state index is 0.0104. The van der Waals surface area contributed by atoms with Gasteiger partial charge in [-0.2, -0.15) is 5.10 Å². The number of aryl methyl sites for hydroxylation is 1. The number of amides is 2. The molecule has 1 saturated heterocycles. The molecule has 0 atom stereocenters. The Morgan fingerprint density at radius 1 is 0.971 bits per heavy atom. The van der Waals surface area contributed by atoms with Gasteiger partial charge in [0.2, 0.25) is 11.7 Å². The van der Waals surface area contributed by atoms with Crippen LogP contribution in [0.1, 0.15) is 32.4 Å². The fourth-order valence-electron chi connectivity index (χ4n) is 4.24. The number of benzene rings is 2. The highest BCUT2D eigenvalue weighted by molar-refractivity contribution is 5.95. The van der Waals surface area contributed by atoms with E-state index in [1.165, 1.54) is 6.20 Å². The van der Waals surface area contributed by atoms with Gasteiger partial charge < -0.3 is 14.2 Å². The van der Waals surface area contributed by atoms with E-state index in [-0.39, 0.29) is 36.3 Å². The molecule has 0 N–H and O–H groups in total. The Hall–Kier alpha value is -4.27. The molecule has 0 aliphatic carbocycles. The summed E-state index contributed by atoms with van der Waals surface area (Å²) in [6.07, 6.45) is 3.45. The number of oxazole rings is 1. The highest BCUT2D eigenvalue weighted by Gasteiger charge is 2.25. The fourth-order valence-corrected chi connectivity index (χ4v) is 4.24. The van der Waals surface area contributed by atoms with Crippen molar-refractivity contribution < 1.29 is 18.8 Å². The molecule has 0 saturated carbocycles. The van der Waals surface area contributed by atoms with Gasteiger partial charge in [-0.05, 0) is 29.8 Å². The SMILES string of the molecule is Cc1ncc(C(=O)Cc2ccc3nn(CC(=O)N4CCN(C(=O)c5ccccc5)CC4)cc3c2)o1. The number of rotatable bonds is 6. The Bertz CT molecular complexity index is 1380. The van der Waals surface area contributed by atoms with Gasteiger partial charge >= 0.3 is 0 Å². The summed E-state index contributed by atoms with van der Waals surface area (Å²) in [4.78, 5) is 45.4. The van der Waals surface area contributed by atoms with E-state index in [1.807, 2.05) is 42.6 Å². The Morgan fingerprint density at radius 2 is 1.71 bits per heavy atom. The molecule has 1 aliphatic heterocycles. The topological polar surface area (TPSA) is 102 Å². The van der Waals surface area contributed by atoms with Crippen LogP contribution in [0.3, 0.4) is 0 Å². The van der Waals surface area contributed by atoms with Crippen molar-refractivity contribution in [2.75, 3.05) is 26.2 Å². The third kappa shape index (κ3) is 4.98. The van der Waals surface area contributed by atoms with Crippen LogP contribution in [0, 0.1) is 6.92 Å². The summed E-state index contributed by atoms with van der Waals surface area (Å²) >= 11 is 0. The molecule has 0 radical (unpaired) electrons. The number of hydrogen-bond acceptors (Lipinski definition) is 6. The van der Waals surface area contributed by atoms with Gasteiger partial charge in [-0.1, -0.05) is 24.3 Å². The van der Waals surface area contributed by atoms with E-state index >= 15 is 0 Å². The Labute approximate surface area is 201 Å². The van der Waals surface area contributed by atoms with Gasteiger partial charge in [-0.25, -0.2) is 4.98 Å². The third-order valence-electron chi connectivity index (χ3n) is 6.11. The second-order valence-corrected chi connectivity index (χ2v) is 8.60. The molecule has 1 fully saturated rings. The maximum atomic E-state index is 12.9. The average Bonchev–Trinajstić information content (AvgIpc) is 3.49. The lowest BCUT2D eigenvalue weighted by Gasteiger charge is -2.34. The van der Waals surface area contributed by atoms with Crippen molar-refractivity contribution in [1.29, 1.82) is 0 Å². The molecule has 9 nitrogen and oxygen atoms in total. The molecule has 4 aromatic rings. The normalized spacial score (nSPS) is 13.9. The lowest BCUT2D eigenvalue weighted by molar-refractivity contribution is -0.133. The predicted molar refractivity (Wildman–Crippen MR) is 128 cm³/mol. The number of Topliss-reactive ketones (excluding diaryl/α,β-unsaturated/α-hetero) is 1. The van der Waals surface area contributed by atoms with Gasteiger partial charge in [-0.3, -0.25) is 19.1 Å². The molecule has 0 unspecified atom stereocenters. The summed E-state index contributed by atoms with van der Waals surface area (Å²) in [6, 6.07) is 14.8. The fraction of sp³-hybridized carbons (Fsp3) is 0.269. The molecule has 9 heteroatoms. The van der Waals surface area contributed by atoms with Crippen LogP contribution in [0.2, 0.25) is 0 Å². The van der Waals surface area contributed by atoms with Crippen molar-refractivity contribution in [2.24, 2.45) is 0 Å². The summed E-state index contributed by atoms with van der Waals surface area (Å²) < 4.78 is 6.94. The highest BCUT2D eigenvalue weighted by Crippen LogP contribution is 2.17. The largest absolute Gasteiger partial charge is 0.438 e. The first-order chi connectivity index (χ1) is 17.0. The van der Waals surface area contributed by atoms with Crippen LogP contribution in [0.4, 0.5) is 0 Å². The molecule has 2 amide bonds. The Morgan fingerprint density at radius 3 is 2.43 bits per heavy atom. The first kappa shape index (κ1) is 22.5. The molecular formula is C26H25N5O4. The molecule has 178 valence electrons. The average molecular weight is 472 g/mol. The molecule has 0 bridgehead atoms. The second kappa shape index (κ2) is 9.54. The van der Waals surface area contributed by atoms with E-state index in [1.54, 1.807) is 33.5 Å².